The van der Waals surface area contributed by atoms with E-state index in [9.17, 15) is 0 Å². The number of aliphatic imine (C=N–C) groups is 1. The summed E-state index contributed by atoms with van der Waals surface area (Å²) >= 11 is 0. The number of pyridine rings is 1. The first-order valence-electron chi connectivity index (χ1n) is 15.1. The quantitative estimate of drug-likeness (QED) is 0.203. The molecule has 4 nitrogen and oxygen atoms in total. The van der Waals surface area contributed by atoms with Crippen molar-refractivity contribution < 1.29 is 4.74 Å². The molecular weight excluding hydrogens is 490 g/mol. The molecule has 0 saturated heterocycles. The molecule has 0 bridgehead atoms. The first-order chi connectivity index (χ1) is 19.3. The highest BCUT2D eigenvalue weighted by molar-refractivity contribution is 6.09. The van der Waals surface area contributed by atoms with Crippen LogP contribution in [0.3, 0.4) is 0 Å². The van der Waals surface area contributed by atoms with E-state index in [4.69, 9.17) is 9.72 Å². The molecule has 0 saturated carbocycles. The first kappa shape index (κ1) is 32.8. The van der Waals surface area contributed by atoms with E-state index in [0.29, 0.717) is 5.92 Å². The van der Waals surface area contributed by atoms with Gasteiger partial charge in [0.05, 0.1) is 17.5 Å². The third-order valence-electron chi connectivity index (χ3n) is 7.30. The maximum absolute atomic E-state index is 6.25. The van der Waals surface area contributed by atoms with Crippen LogP contribution in [0.15, 0.2) is 66.3 Å². The second-order valence-corrected chi connectivity index (χ2v) is 10.5. The third-order valence-corrected chi connectivity index (χ3v) is 7.30. The largest absolute Gasteiger partial charge is 0.490 e. The molecule has 0 fully saturated rings. The molecule has 0 aliphatic carbocycles. The van der Waals surface area contributed by atoms with Gasteiger partial charge in [0.1, 0.15) is 5.75 Å². The fourth-order valence-electron chi connectivity index (χ4n) is 4.28. The monoisotopic (exact) mass is 541 g/mol. The van der Waals surface area contributed by atoms with Crippen molar-refractivity contribution in [1.82, 2.24) is 10.3 Å². The number of rotatable bonds is 17. The minimum Gasteiger partial charge on any atom is -0.490 e. The van der Waals surface area contributed by atoms with Crippen molar-refractivity contribution in [2.75, 3.05) is 0 Å². The molecule has 2 unspecified atom stereocenters. The molecule has 4 heteroatoms. The summed E-state index contributed by atoms with van der Waals surface area (Å²) in [5, 5.41) is 3.61. The smallest absolute Gasteiger partial charge is 0.119 e. The third kappa shape index (κ3) is 9.97. The van der Waals surface area contributed by atoms with Crippen molar-refractivity contribution >= 4 is 29.6 Å². The Kier molecular flexibility index (Phi) is 14.2. The minimum absolute atomic E-state index is 0.272. The molecule has 0 aliphatic rings. The Bertz CT molecular complexity index is 1170. The zero-order valence-electron chi connectivity index (χ0n) is 26.0. The average Bonchev–Trinajstić information content (AvgIpc) is 2.97. The molecule has 2 atom stereocenters. The lowest BCUT2D eigenvalue weighted by Crippen LogP contribution is -2.17. The van der Waals surface area contributed by atoms with Crippen molar-refractivity contribution in [2.24, 2.45) is 10.9 Å². The van der Waals surface area contributed by atoms with Gasteiger partial charge in [0.2, 0.25) is 0 Å². The van der Waals surface area contributed by atoms with E-state index in [1.165, 1.54) is 0 Å². The number of hydrogen-bond donors (Lipinski definition) is 1. The van der Waals surface area contributed by atoms with E-state index < -0.39 is 0 Å². The van der Waals surface area contributed by atoms with E-state index in [0.717, 1.165) is 83.8 Å². The lowest BCUT2D eigenvalue weighted by Gasteiger charge is -2.20. The van der Waals surface area contributed by atoms with Gasteiger partial charge in [0, 0.05) is 29.2 Å². The van der Waals surface area contributed by atoms with E-state index in [1.807, 2.05) is 37.4 Å². The van der Waals surface area contributed by atoms with Crippen molar-refractivity contribution in [3.8, 4) is 5.75 Å². The van der Waals surface area contributed by atoms with Gasteiger partial charge in [0.15, 0.2) is 0 Å². The van der Waals surface area contributed by atoms with Crippen molar-refractivity contribution in [3.63, 3.8) is 0 Å². The summed E-state index contributed by atoms with van der Waals surface area (Å²) in [7, 11) is 0. The van der Waals surface area contributed by atoms with Gasteiger partial charge in [-0.2, -0.15) is 0 Å². The molecule has 0 radical (unpaired) electrons. The van der Waals surface area contributed by atoms with Crippen molar-refractivity contribution in [1.29, 1.82) is 0 Å². The SMILES string of the molecule is C=Cc1ccc(/C(C=NC(C)CC)=C/C)nc1/C=C(/NC(=C)c1ccc(OC(CCC)CCC)cc1)C(C)CC. The lowest BCUT2D eigenvalue weighted by atomic mass is 10.0. The van der Waals surface area contributed by atoms with Crippen LogP contribution in [0.25, 0.3) is 23.4 Å². The molecule has 1 aromatic carbocycles. The Hall–Kier alpha value is -3.40. The number of hydrogen-bond acceptors (Lipinski definition) is 4. The highest BCUT2D eigenvalue weighted by atomic mass is 16.5. The zero-order valence-corrected chi connectivity index (χ0v) is 26.0. The number of benzene rings is 1. The molecular formula is C36H51N3O. The van der Waals surface area contributed by atoms with Gasteiger partial charge >= 0.3 is 0 Å². The van der Waals surface area contributed by atoms with Crippen molar-refractivity contribution in [2.45, 2.75) is 99.1 Å². The molecule has 0 aliphatic heterocycles. The average molecular weight is 542 g/mol. The Balaban J connectivity index is 2.34. The Morgan fingerprint density at radius 2 is 1.68 bits per heavy atom. The molecule has 1 N–H and O–H groups in total. The van der Waals surface area contributed by atoms with Crippen LogP contribution < -0.4 is 10.1 Å². The van der Waals surface area contributed by atoms with Crippen LogP contribution in [-0.4, -0.2) is 23.3 Å². The summed E-state index contributed by atoms with van der Waals surface area (Å²) in [6.07, 6.45) is 14.7. The number of nitrogens with zero attached hydrogens (tertiary/aromatic N) is 2. The summed E-state index contributed by atoms with van der Waals surface area (Å²) in [6.45, 7) is 23.5. The highest BCUT2D eigenvalue weighted by Crippen LogP contribution is 2.25. The molecule has 2 aromatic rings. The van der Waals surface area contributed by atoms with Crippen LogP contribution in [0.5, 0.6) is 5.75 Å². The number of ether oxygens (including phenoxy) is 1. The molecule has 0 spiro atoms. The number of allylic oxidation sites excluding steroid dienone is 3. The van der Waals surface area contributed by atoms with Gasteiger partial charge in [-0.05, 0) is 93.0 Å². The van der Waals surface area contributed by atoms with Crippen LogP contribution >= 0.6 is 0 Å². The Morgan fingerprint density at radius 1 is 1.00 bits per heavy atom. The van der Waals surface area contributed by atoms with Gasteiger partial charge in [-0.3, -0.25) is 4.99 Å². The van der Waals surface area contributed by atoms with Gasteiger partial charge in [-0.15, -0.1) is 0 Å². The zero-order chi connectivity index (χ0) is 29.5. The molecule has 1 aromatic heterocycles. The van der Waals surface area contributed by atoms with Gasteiger partial charge in [-0.1, -0.05) is 78.8 Å². The van der Waals surface area contributed by atoms with E-state index >= 15 is 0 Å². The predicted octanol–water partition coefficient (Wildman–Crippen LogP) is 9.99. The standard InChI is InChI=1S/C36H51N3O/c1-10-16-32(17-11-2)40-33-21-18-31(19-22-33)28(9)38-35(26(7)12-3)24-36-29(14-5)20-23-34(39-36)30(15-6)25-37-27(8)13-4/h14-15,18-27,32,38H,5,9-13,16-17H2,1-4,6-8H3/b30-15+,35-24+,37-25?. The minimum atomic E-state index is 0.272. The van der Waals surface area contributed by atoms with E-state index in [1.54, 1.807) is 0 Å². The van der Waals surface area contributed by atoms with Crippen LogP contribution in [0.2, 0.25) is 0 Å². The summed E-state index contributed by atoms with van der Waals surface area (Å²) in [5.74, 6) is 1.20. The summed E-state index contributed by atoms with van der Waals surface area (Å²) in [4.78, 5) is 9.71. The van der Waals surface area contributed by atoms with Gasteiger partial charge in [-0.25, -0.2) is 4.98 Å². The second-order valence-electron chi connectivity index (χ2n) is 10.5. The lowest BCUT2D eigenvalue weighted by molar-refractivity contribution is 0.179. The van der Waals surface area contributed by atoms with Crippen LogP contribution in [-0.2, 0) is 0 Å². The summed E-state index contributed by atoms with van der Waals surface area (Å²) in [6, 6.07) is 12.7. The van der Waals surface area contributed by atoms with Gasteiger partial charge in [0.25, 0.3) is 0 Å². The maximum Gasteiger partial charge on any atom is 0.119 e. The Morgan fingerprint density at radius 3 is 2.23 bits per heavy atom. The first-order valence-corrected chi connectivity index (χ1v) is 15.1. The topological polar surface area (TPSA) is 46.5 Å². The fourth-order valence-corrected chi connectivity index (χ4v) is 4.28. The number of nitrogens with one attached hydrogen (secondary N) is 1. The number of aromatic nitrogens is 1. The van der Waals surface area contributed by atoms with E-state index in [-0.39, 0.29) is 12.1 Å². The predicted molar refractivity (Wildman–Crippen MR) is 176 cm³/mol. The second kappa shape index (κ2) is 17.3. The molecule has 216 valence electrons. The summed E-state index contributed by atoms with van der Waals surface area (Å²) < 4.78 is 6.25. The maximum atomic E-state index is 6.25. The van der Waals surface area contributed by atoms with Crippen molar-refractivity contribution in [3.05, 3.63) is 83.8 Å². The summed E-state index contributed by atoms with van der Waals surface area (Å²) in [5.41, 5.74) is 6.73. The fraction of sp³-hybridized carbons (Fsp3) is 0.444. The molecule has 0 amide bonds. The van der Waals surface area contributed by atoms with Crippen LogP contribution in [0.1, 0.15) is 110 Å². The molecule has 2 rings (SSSR count). The highest BCUT2D eigenvalue weighted by Gasteiger charge is 2.13. The van der Waals surface area contributed by atoms with Crippen LogP contribution in [0, 0.1) is 5.92 Å². The van der Waals surface area contributed by atoms with Gasteiger partial charge < -0.3 is 10.1 Å². The normalized spacial score (nSPS) is 13.9. The van der Waals surface area contributed by atoms with Crippen LogP contribution in [0.4, 0.5) is 0 Å². The molecule has 40 heavy (non-hydrogen) atoms. The van der Waals surface area contributed by atoms with E-state index in [2.05, 4.69) is 95.4 Å². The Labute approximate surface area is 244 Å². The molecule has 1 heterocycles.